The summed E-state index contributed by atoms with van der Waals surface area (Å²) in [6.07, 6.45) is -0.714. The van der Waals surface area contributed by atoms with Gasteiger partial charge >= 0.3 is 6.09 Å². The van der Waals surface area contributed by atoms with Crippen LogP contribution in [0.25, 0.3) is 10.9 Å². The van der Waals surface area contributed by atoms with Crippen molar-refractivity contribution >= 4 is 22.9 Å². The van der Waals surface area contributed by atoms with Gasteiger partial charge in [-0.25, -0.2) is 15.2 Å². The monoisotopic (exact) mass is 318 g/mol. The highest BCUT2D eigenvalue weighted by Gasteiger charge is 2.10. The summed E-state index contributed by atoms with van der Waals surface area (Å²) in [4.78, 5) is 39.5. The van der Waals surface area contributed by atoms with Crippen LogP contribution in [0.4, 0.5) is 4.79 Å². The number of hydrogen-bond acceptors (Lipinski definition) is 5. The number of hydrazine groups is 1. The minimum absolute atomic E-state index is 0.0210. The summed E-state index contributed by atoms with van der Waals surface area (Å²) in [5.74, 6) is 0.0948. The highest BCUT2D eigenvalue weighted by Crippen LogP contribution is 2.07. The quantitative estimate of drug-likeness (QED) is 0.814. The van der Waals surface area contributed by atoms with Crippen LogP contribution in [0.15, 0.2) is 29.1 Å². The Hall–Kier alpha value is -2.90. The summed E-state index contributed by atoms with van der Waals surface area (Å²) in [6, 6.07) is 7.04. The molecule has 122 valence electrons. The molecule has 8 nitrogen and oxygen atoms in total. The van der Waals surface area contributed by atoms with Crippen LogP contribution in [0.5, 0.6) is 0 Å². The normalized spacial score (nSPS) is 10.3. The van der Waals surface area contributed by atoms with E-state index in [9.17, 15) is 14.4 Å². The molecular weight excluding hydrogens is 300 g/mol. The standard InChI is InChI=1S/C15H18N4O4/c1-3-23-15(22)18-17-13(20)8-9-19-10(2)16-12-7-5-4-6-11(12)14(19)21/h4-7H,3,8-9H2,1-2H3,(H,17,20)(H,18,22). The fourth-order valence-corrected chi connectivity index (χ4v) is 2.11. The molecule has 0 aliphatic rings. The molecule has 2 rings (SSSR count). The molecule has 0 atom stereocenters. The third kappa shape index (κ3) is 4.06. The summed E-state index contributed by atoms with van der Waals surface area (Å²) in [5, 5.41) is 0.503. The predicted molar refractivity (Wildman–Crippen MR) is 83.7 cm³/mol. The first-order valence-corrected chi connectivity index (χ1v) is 7.20. The van der Waals surface area contributed by atoms with Gasteiger partial charge in [0.2, 0.25) is 5.91 Å². The molecule has 8 heteroatoms. The van der Waals surface area contributed by atoms with Crippen LogP contribution in [0.2, 0.25) is 0 Å². The van der Waals surface area contributed by atoms with E-state index in [0.717, 1.165) is 0 Å². The number of para-hydroxylation sites is 1. The molecule has 0 spiro atoms. The van der Waals surface area contributed by atoms with E-state index in [1.807, 2.05) is 6.07 Å². The number of hydrogen-bond donors (Lipinski definition) is 2. The number of aryl methyl sites for hydroxylation is 1. The minimum atomic E-state index is -0.735. The topological polar surface area (TPSA) is 102 Å². The van der Waals surface area contributed by atoms with Crippen molar-refractivity contribution in [3.05, 3.63) is 40.4 Å². The first-order valence-electron chi connectivity index (χ1n) is 7.20. The molecule has 2 N–H and O–H groups in total. The zero-order chi connectivity index (χ0) is 16.8. The Balaban J connectivity index is 2.03. The molecule has 0 saturated heterocycles. The third-order valence-electron chi connectivity index (χ3n) is 3.19. The second kappa shape index (κ2) is 7.39. The average Bonchev–Trinajstić information content (AvgIpc) is 2.53. The Labute approximate surface area is 132 Å². The zero-order valence-electron chi connectivity index (χ0n) is 13.0. The lowest BCUT2D eigenvalue weighted by Gasteiger charge is -2.11. The van der Waals surface area contributed by atoms with Crippen LogP contribution in [0, 0.1) is 6.92 Å². The maximum atomic E-state index is 12.4. The lowest BCUT2D eigenvalue weighted by Crippen LogP contribution is -2.42. The van der Waals surface area contributed by atoms with Gasteiger partial charge in [0.05, 0.1) is 17.5 Å². The number of nitrogens with one attached hydrogen (secondary N) is 2. The molecular formula is C15H18N4O4. The van der Waals surface area contributed by atoms with Gasteiger partial charge in [0.1, 0.15) is 5.82 Å². The lowest BCUT2D eigenvalue weighted by molar-refractivity contribution is -0.122. The van der Waals surface area contributed by atoms with Gasteiger partial charge in [0.15, 0.2) is 0 Å². The van der Waals surface area contributed by atoms with Crippen LogP contribution in [-0.4, -0.2) is 28.2 Å². The molecule has 0 bridgehead atoms. The van der Waals surface area contributed by atoms with Crippen LogP contribution in [0.3, 0.4) is 0 Å². The smallest absolute Gasteiger partial charge is 0.426 e. The van der Waals surface area contributed by atoms with Gasteiger partial charge in [0, 0.05) is 13.0 Å². The van der Waals surface area contributed by atoms with Crippen LogP contribution >= 0.6 is 0 Å². The van der Waals surface area contributed by atoms with E-state index >= 15 is 0 Å². The van der Waals surface area contributed by atoms with Crippen LogP contribution in [0.1, 0.15) is 19.2 Å². The van der Waals surface area contributed by atoms with Gasteiger partial charge in [-0.3, -0.25) is 19.6 Å². The SMILES string of the molecule is CCOC(=O)NNC(=O)CCn1c(C)nc2ccccc2c1=O. The molecule has 0 unspecified atom stereocenters. The third-order valence-corrected chi connectivity index (χ3v) is 3.19. The Morgan fingerprint density at radius 1 is 1.26 bits per heavy atom. The van der Waals surface area contributed by atoms with Crippen LogP contribution in [-0.2, 0) is 16.1 Å². The number of aromatic nitrogens is 2. The Bertz CT molecular complexity index is 785. The van der Waals surface area contributed by atoms with Gasteiger partial charge in [-0.1, -0.05) is 12.1 Å². The maximum absolute atomic E-state index is 12.4. The van der Waals surface area contributed by atoms with Crippen molar-refractivity contribution in [2.45, 2.75) is 26.8 Å². The number of nitrogens with zero attached hydrogens (tertiary/aromatic N) is 2. The lowest BCUT2D eigenvalue weighted by atomic mass is 10.2. The highest BCUT2D eigenvalue weighted by atomic mass is 16.5. The van der Waals surface area contributed by atoms with E-state index < -0.39 is 12.0 Å². The second-order valence-corrected chi connectivity index (χ2v) is 4.78. The van der Waals surface area contributed by atoms with E-state index in [1.165, 1.54) is 4.57 Å². The summed E-state index contributed by atoms with van der Waals surface area (Å²) in [6.45, 7) is 3.74. The first-order chi connectivity index (χ1) is 11.0. The van der Waals surface area contributed by atoms with Gasteiger partial charge in [-0.05, 0) is 26.0 Å². The molecule has 1 aromatic carbocycles. The van der Waals surface area contributed by atoms with Crippen LogP contribution < -0.4 is 16.4 Å². The van der Waals surface area contributed by atoms with Crippen molar-refractivity contribution in [3.8, 4) is 0 Å². The number of ether oxygens (including phenoxy) is 1. The number of carbonyl (C=O) groups excluding carboxylic acids is 2. The van der Waals surface area contributed by atoms with Crippen molar-refractivity contribution in [3.63, 3.8) is 0 Å². The molecule has 1 aromatic heterocycles. The van der Waals surface area contributed by atoms with E-state index in [-0.39, 0.29) is 25.1 Å². The Kier molecular flexibility index (Phi) is 5.29. The Morgan fingerprint density at radius 3 is 2.74 bits per heavy atom. The molecule has 0 saturated carbocycles. The number of benzene rings is 1. The van der Waals surface area contributed by atoms with E-state index in [2.05, 4.69) is 20.6 Å². The number of rotatable bonds is 4. The second-order valence-electron chi connectivity index (χ2n) is 4.78. The predicted octanol–water partition coefficient (Wildman–Crippen LogP) is 0.872. The molecule has 0 radical (unpaired) electrons. The molecule has 1 heterocycles. The fourth-order valence-electron chi connectivity index (χ4n) is 2.11. The molecule has 23 heavy (non-hydrogen) atoms. The largest absolute Gasteiger partial charge is 0.449 e. The van der Waals surface area contributed by atoms with E-state index in [1.54, 1.807) is 32.0 Å². The summed E-state index contributed by atoms with van der Waals surface area (Å²) in [5.41, 5.74) is 4.76. The van der Waals surface area contributed by atoms with Gasteiger partial charge in [-0.15, -0.1) is 0 Å². The molecule has 0 aliphatic carbocycles. The van der Waals surface area contributed by atoms with Gasteiger partial charge in [0.25, 0.3) is 5.56 Å². The maximum Gasteiger partial charge on any atom is 0.426 e. The first kappa shape index (κ1) is 16.5. The Morgan fingerprint density at radius 2 is 2.00 bits per heavy atom. The zero-order valence-corrected chi connectivity index (χ0v) is 13.0. The van der Waals surface area contributed by atoms with Gasteiger partial charge in [-0.2, -0.15) is 0 Å². The number of fused-ring (bicyclic) bond motifs is 1. The van der Waals surface area contributed by atoms with Gasteiger partial charge < -0.3 is 4.74 Å². The van der Waals surface area contributed by atoms with Crippen molar-refractivity contribution in [2.24, 2.45) is 0 Å². The highest BCUT2D eigenvalue weighted by molar-refractivity contribution is 5.79. The van der Waals surface area contributed by atoms with E-state index in [4.69, 9.17) is 0 Å². The van der Waals surface area contributed by atoms with Crippen molar-refractivity contribution in [1.82, 2.24) is 20.4 Å². The van der Waals surface area contributed by atoms with Crippen molar-refractivity contribution < 1.29 is 14.3 Å². The number of carbonyl (C=O) groups is 2. The minimum Gasteiger partial charge on any atom is -0.449 e. The molecule has 2 amide bonds. The van der Waals surface area contributed by atoms with Crippen molar-refractivity contribution in [2.75, 3.05) is 6.61 Å². The number of amides is 2. The summed E-state index contributed by atoms with van der Waals surface area (Å²) >= 11 is 0. The summed E-state index contributed by atoms with van der Waals surface area (Å²) < 4.78 is 6.05. The van der Waals surface area contributed by atoms with Crippen molar-refractivity contribution in [1.29, 1.82) is 0 Å². The average molecular weight is 318 g/mol. The van der Waals surface area contributed by atoms with E-state index in [0.29, 0.717) is 16.7 Å². The summed E-state index contributed by atoms with van der Waals surface area (Å²) in [7, 11) is 0. The fraction of sp³-hybridized carbons (Fsp3) is 0.333. The molecule has 2 aromatic rings. The molecule has 0 aliphatic heterocycles. The molecule has 0 fully saturated rings.